The fourth-order valence-corrected chi connectivity index (χ4v) is 4.07. The maximum absolute atomic E-state index is 13.1. The Labute approximate surface area is 170 Å². The van der Waals surface area contributed by atoms with E-state index in [0.29, 0.717) is 12.8 Å². The minimum Gasteiger partial charge on any atom is -0.325 e. The summed E-state index contributed by atoms with van der Waals surface area (Å²) in [6.45, 7) is -0.592. The molecular formula is C21H18F3N3O3. The van der Waals surface area contributed by atoms with E-state index < -0.39 is 41.7 Å². The minimum absolute atomic E-state index is 0.0698. The second kappa shape index (κ2) is 7.16. The van der Waals surface area contributed by atoms with Gasteiger partial charge in [0, 0.05) is 5.69 Å². The third-order valence-corrected chi connectivity index (χ3v) is 5.43. The zero-order chi connectivity index (χ0) is 21.5. The molecule has 0 aromatic heterocycles. The summed E-state index contributed by atoms with van der Waals surface area (Å²) in [6.07, 6.45) is -2.64. The molecule has 1 fully saturated rings. The molecule has 2 aromatic rings. The standard InChI is InChI=1S/C21H18F3N3O3/c22-21(23,24)14-7-3-8-15(11-14)25-17(28)12-27-18(29)20(26-19(27)30)10-4-6-13-5-1-2-9-16(13)20/h1-3,5,7-9,11H,4,6,10,12H2,(H,25,28)(H,26,30)/t20-/m0/s1. The number of halogens is 3. The Bertz CT molecular complexity index is 1040. The average Bonchev–Trinajstić information content (AvgIpc) is 2.93. The second-order valence-electron chi connectivity index (χ2n) is 7.36. The number of alkyl halides is 3. The molecule has 1 atom stereocenters. The molecule has 0 saturated carbocycles. The lowest BCUT2D eigenvalue weighted by Gasteiger charge is -2.33. The van der Waals surface area contributed by atoms with Crippen molar-refractivity contribution in [1.29, 1.82) is 0 Å². The van der Waals surface area contributed by atoms with E-state index in [1.807, 2.05) is 12.1 Å². The van der Waals surface area contributed by atoms with Gasteiger partial charge in [-0.25, -0.2) is 4.79 Å². The number of imide groups is 1. The van der Waals surface area contributed by atoms with E-state index in [2.05, 4.69) is 10.6 Å². The van der Waals surface area contributed by atoms with E-state index in [4.69, 9.17) is 0 Å². The molecular weight excluding hydrogens is 399 g/mol. The second-order valence-corrected chi connectivity index (χ2v) is 7.36. The fourth-order valence-electron chi connectivity index (χ4n) is 4.07. The van der Waals surface area contributed by atoms with Gasteiger partial charge in [-0.2, -0.15) is 13.2 Å². The van der Waals surface area contributed by atoms with Crippen LogP contribution in [0.15, 0.2) is 48.5 Å². The summed E-state index contributed by atoms with van der Waals surface area (Å²) in [5.74, 6) is -1.29. The first kappa shape index (κ1) is 19.9. The molecule has 1 aliphatic heterocycles. The van der Waals surface area contributed by atoms with Gasteiger partial charge in [-0.3, -0.25) is 14.5 Å². The van der Waals surface area contributed by atoms with Crippen molar-refractivity contribution in [2.24, 2.45) is 0 Å². The first-order chi connectivity index (χ1) is 14.2. The van der Waals surface area contributed by atoms with Gasteiger partial charge in [0.2, 0.25) is 5.91 Å². The number of nitrogens with zero attached hydrogens (tertiary/aromatic N) is 1. The van der Waals surface area contributed by atoms with Gasteiger partial charge in [0.05, 0.1) is 5.56 Å². The maximum atomic E-state index is 13.1. The number of carbonyl (C=O) groups is 3. The Hall–Kier alpha value is -3.36. The highest BCUT2D eigenvalue weighted by atomic mass is 19.4. The monoisotopic (exact) mass is 417 g/mol. The molecule has 30 heavy (non-hydrogen) atoms. The van der Waals surface area contributed by atoms with Gasteiger partial charge in [0.1, 0.15) is 12.1 Å². The number of hydrogen-bond acceptors (Lipinski definition) is 3. The zero-order valence-corrected chi connectivity index (χ0v) is 15.8. The summed E-state index contributed by atoms with van der Waals surface area (Å²) >= 11 is 0. The first-order valence-electron chi connectivity index (χ1n) is 9.40. The van der Waals surface area contributed by atoms with E-state index in [0.717, 1.165) is 34.6 Å². The number of carbonyl (C=O) groups excluding carboxylic acids is 3. The number of hydrogen-bond donors (Lipinski definition) is 2. The first-order valence-corrected chi connectivity index (χ1v) is 9.40. The third-order valence-electron chi connectivity index (χ3n) is 5.43. The normalized spacial score (nSPS) is 20.8. The van der Waals surface area contributed by atoms with Crippen molar-refractivity contribution in [3.05, 3.63) is 65.2 Å². The summed E-state index contributed by atoms with van der Waals surface area (Å²) in [5, 5.41) is 5.05. The van der Waals surface area contributed by atoms with Gasteiger partial charge in [-0.1, -0.05) is 30.3 Å². The molecule has 4 rings (SSSR count). The predicted octanol–water partition coefficient (Wildman–Crippen LogP) is 3.43. The van der Waals surface area contributed by atoms with Crippen molar-refractivity contribution in [3.8, 4) is 0 Å². The van der Waals surface area contributed by atoms with E-state index >= 15 is 0 Å². The van der Waals surface area contributed by atoms with Crippen LogP contribution >= 0.6 is 0 Å². The smallest absolute Gasteiger partial charge is 0.325 e. The summed E-state index contributed by atoms with van der Waals surface area (Å²) in [5.41, 5.74) is -0.502. The zero-order valence-electron chi connectivity index (χ0n) is 15.8. The molecule has 2 aliphatic rings. The number of urea groups is 1. The van der Waals surface area contributed by atoms with Crippen molar-refractivity contribution in [1.82, 2.24) is 10.2 Å². The molecule has 0 radical (unpaired) electrons. The van der Waals surface area contributed by atoms with Crippen LogP contribution in [0.25, 0.3) is 0 Å². The van der Waals surface area contributed by atoms with E-state index in [1.54, 1.807) is 12.1 Å². The Morgan fingerprint density at radius 2 is 1.90 bits per heavy atom. The van der Waals surface area contributed by atoms with Crippen LogP contribution in [0.1, 0.15) is 29.5 Å². The van der Waals surface area contributed by atoms with Crippen molar-refractivity contribution in [2.45, 2.75) is 31.0 Å². The van der Waals surface area contributed by atoms with Crippen LogP contribution < -0.4 is 10.6 Å². The summed E-state index contributed by atoms with van der Waals surface area (Å²) in [6, 6.07) is 10.8. The number of nitrogens with one attached hydrogen (secondary N) is 2. The van der Waals surface area contributed by atoms with Gasteiger partial charge in [-0.15, -0.1) is 0 Å². The Morgan fingerprint density at radius 3 is 2.67 bits per heavy atom. The summed E-state index contributed by atoms with van der Waals surface area (Å²) < 4.78 is 38.5. The Kier molecular flexibility index (Phi) is 4.76. The fraction of sp³-hybridized carbons (Fsp3) is 0.286. The lowest BCUT2D eigenvalue weighted by molar-refractivity contribution is -0.137. The highest BCUT2D eigenvalue weighted by Crippen LogP contribution is 2.39. The molecule has 1 spiro atoms. The van der Waals surface area contributed by atoms with Gasteiger partial charge in [0.25, 0.3) is 5.91 Å². The van der Waals surface area contributed by atoms with Crippen LogP contribution in [0.4, 0.5) is 23.7 Å². The van der Waals surface area contributed by atoms with Crippen LogP contribution in [0, 0.1) is 0 Å². The van der Waals surface area contributed by atoms with Crippen molar-refractivity contribution in [3.63, 3.8) is 0 Å². The molecule has 2 N–H and O–H groups in total. The van der Waals surface area contributed by atoms with E-state index in [9.17, 15) is 27.6 Å². The molecule has 9 heteroatoms. The molecule has 0 unspecified atom stereocenters. The van der Waals surface area contributed by atoms with Gasteiger partial charge in [0.15, 0.2) is 0 Å². The van der Waals surface area contributed by atoms with Crippen molar-refractivity contribution >= 4 is 23.5 Å². The number of amides is 4. The van der Waals surface area contributed by atoms with E-state index in [-0.39, 0.29) is 5.69 Å². The van der Waals surface area contributed by atoms with Crippen LogP contribution in [0.3, 0.4) is 0 Å². The number of aryl methyl sites for hydroxylation is 1. The highest BCUT2D eigenvalue weighted by Gasteiger charge is 2.54. The Balaban J connectivity index is 1.52. The quantitative estimate of drug-likeness (QED) is 0.752. The maximum Gasteiger partial charge on any atom is 0.416 e. The van der Waals surface area contributed by atoms with E-state index in [1.165, 1.54) is 12.1 Å². The number of benzene rings is 2. The lowest BCUT2D eigenvalue weighted by Crippen LogP contribution is -2.47. The third kappa shape index (κ3) is 3.40. The van der Waals surface area contributed by atoms with Gasteiger partial charge < -0.3 is 10.6 Å². The largest absolute Gasteiger partial charge is 0.416 e. The topological polar surface area (TPSA) is 78.5 Å². The predicted molar refractivity (Wildman–Crippen MR) is 101 cm³/mol. The van der Waals surface area contributed by atoms with Gasteiger partial charge >= 0.3 is 12.2 Å². The lowest BCUT2D eigenvalue weighted by atomic mass is 9.76. The molecule has 1 saturated heterocycles. The number of rotatable bonds is 3. The molecule has 2 aromatic carbocycles. The van der Waals surface area contributed by atoms with Crippen LogP contribution in [-0.4, -0.2) is 29.3 Å². The molecule has 0 bridgehead atoms. The summed E-state index contributed by atoms with van der Waals surface area (Å²) in [4.78, 5) is 38.8. The number of anilines is 1. The van der Waals surface area contributed by atoms with Gasteiger partial charge in [-0.05, 0) is 48.6 Å². The van der Waals surface area contributed by atoms with Crippen LogP contribution in [0.2, 0.25) is 0 Å². The molecule has 1 aliphatic carbocycles. The van der Waals surface area contributed by atoms with Crippen LogP contribution in [0.5, 0.6) is 0 Å². The summed E-state index contributed by atoms with van der Waals surface area (Å²) in [7, 11) is 0. The van der Waals surface area contributed by atoms with Crippen molar-refractivity contribution < 1.29 is 27.6 Å². The molecule has 1 heterocycles. The minimum atomic E-state index is -4.55. The van der Waals surface area contributed by atoms with Crippen LogP contribution in [-0.2, 0) is 27.7 Å². The highest BCUT2D eigenvalue weighted by molar-refractivity contribution is 6.10. The SMILES string of the molecule is O=C(CN1C(=O)N[C@]2(CCCc3ccccc32)C1=O)Nc1cccc(C(F)(F)F)c1. The molecule has 6 nitrogen and oxygen atoms in total. The Morgan fingerprint density at radius 1 is 1.13 bits per heavy atom. The molecule has 156 valence electrons. The number of fused-ring (bicyclic) bond motifs is 2. The molecule has 4 amide bonds. The van der Waals surface area contributed by atoms with Crippen molar-refractivity contribution in [2.75, 3.05) is 11.9 Å². The average molecular weight is 417 g/mol.